The zero-order chi connectivity index (χ0) is 20.4. The number of hydrogen-bond acceptors (Lipinski definition) is 4. The highest BCUT2D eigenvalue weighted by Gasteiger charge is 2.08. The Morgan fingerprint density at radius 2 is 1.79 bits per heavy atom. The summed E-state index contributed by atoms with van der Waals surface area (Å²) in [6, 6.07) is 17.5. The predicted octanol–water partition coefficient (Wildman–Crippen LogP) is 4.50. The van der Waals surface area contributed by atoms with Crippen LogP contribution < -0.4 is 15.0 Å². The highest BCUT2D eigenvalue weighted by molar-refractivity contribution is 5.48. The average molecular weight is 384 g/mol. The number of aryl methyl sites for hydroxylation is 1. The average Bonchev–Trinajstić information content (AvgIpc) is 2.69. The van der Waals surface area contributed by atoms with Crippen molar-refractivity contribution in [1.82, 2.24) is 10.2 Å². The molecule has 0 aliphatic rings. The molecule has 2 rings (SSSR count). The van der Waals surface area contributed by atoms with E-state index in [-0.39, 0.29) is 0 Å². The highest BCUT2D eigenvalue weighted by atomic mass is 16.5. The smallest absolute Gasteiger partial charge is 0.119 e. The van der Waals surface area contributed by atoms with E-state index in [1.54, 1.807) is 0 Å². The monoisotopic (exact) mass is 383 g/mol. The van der Waals surface area contributed by atoms with Crippen LogP contribution in [0.5, 0.6) is 5.75 Å². The van der Waals surface area contributed by atoms with Gasteiger partial charge in [-0.25, -0.2) is 0 Å². The van der Waals surface area contributed by atoms with Crippen LogP contribution in [-0.2, 0) is 0 Å². The molecule has 1 atom stereocenters. The van der Waals surface area contributed by atoms with Crippen LogP contribution in [0.15, 0.2) is 48.5 Å². The van der Waals surface area contributed by atoms with E-state index in [4.69, 9.17) is 4.74 Å². The maximum absolute atomic E-state index is 5.82. The van der Waals surface area contributed by atoms with Gasteiger partial charge in [-0.15, -0.1) is 0 Å². The lowest BCUT2D eigenvalue weighted by molar-refractivity contribution is 0.281. The molecule has 28 heavy (non-hydrogen) atoms. The zero-order valence-corrected chi connectivity index (χ0v) is 18.2. The molecule has 0 aromatic heterocycles. The Bertz CT molecular complexity index is 685. The second kappa shape index (κ2) is 11.7. The third-order valence-electron chi connectivity index (χ3n) is 4.98. The van der Waals surface area contributed by atoms with Crippen LogP contribution >= 0.6 is 0 Å². The van der Waals surface area contributed by atoms with Crippen LogP contribution in [0, 0.1) is 6.92 Å². The van der Waals surface area contributed by atoms with E-state index in [2.05, 4.69) is 98.5 Å². The van der Waals surface area contributed by atoms with E-state index in [1.165, 1.54) is 16.8 Å². The fourth-order valence-electron chi connectivity index (χ4n) is 3.25. The van der Waals surface area contributed by atoms with Crippen molar-refractivity contribution in [2.24, 2.45) is 0 Å². The standard InChI is InChI=1S/C24H37N3O/c1-6-27(23-10-7-9-20(2)19-23)17-15-25-21(3)22-11-13-24(14-12-22)28-18-8-16-26(4)5/h7,9-14,19,21,25H,6,8,15-18H2,1-5H3. The van der Waals surface area contributed by atoms with Crippen LogP contribution in [0.3, 0.4) is 0 Å². The minimum atomic E-state index is 0.319. The van der Waals surface area contributed by atoms with Crippen LogP contribution in [0.1, 0.15) is 37.4 Å². The first-order valence-corrected chi connectivity index (χ1v) is 10.4. The van der Waals surface area contributed by atoms with Gasteiger partial charge in [-0.1, -0.05) is 24.3 Å². The summed E-state index contributed by atoms with van der Waals surface area (Å²) in [6.07, 6.45) is 1.04. The van der Waals surface area contributed by atoms with Gasteiger partial charge in [0, 0.05) is 37.9 Å². The lowest BCUT2D eigenvalue weighted by atomic mass is 10.1. The molecule has 0 aliphatic heterocycles. The van der Waals surface area contributed by atoms with Gasteiger partial charge in [0.15, 0.2) is 0 Å². The van der Waals surface area contributed by atoms with Gasteiger partial charge in [0.2, 0.25) is 0 Å². The summed E-state index contributed by atoms with van der Waals surface area (Å²) >= 11 is 0. The minimum absolute atomic E-state index is 0.319. The van der Waals surface area contributed by atoms with Gasteiger partial charge >= 0.3 is 0 Å². The molecule has 0 bridgehead atoms. The maximum atomic E-state index is 5.82. The summed E-state index contributed by atoms with van der Waals surface area (Å²) in [4.78, 5) is 4.59. The van der Waals surface area contributed by atoms with Crippen LogP contribution in [-0.4, -0.2) is 51.8 Å². The van der Waals surface area contributed by atoms with Crippen molar-refractivity contribution < 1.29 is 4.74 Å². The Morgan fingerprint density at radius 3 is 2.43 bits per heavy atom. The molecule has 2 aromatic carbocycles. The normalized spacial score (nSPS) is 12.2. The van der Waals surface area contributed by atoms with Crippen molar-refractivity contribution >= 4 is 5.69 Å². The van der Waals surface area contributed by atoms with Crippen molar-refractivity contribution in [2.75, 3.05) is 51.8 Å². The molecule has 0 fully saturated rings. The van der Waals surface area contributed by atoms with Crippen LogP contribution in [0.25, 0.3) is 0 Å². The predicted molar refractivity (Wildman–Crippen MR) is 121 cm³/mol. The van der Waals surface area contributed by atoms with Crippen molar-refractivity contribution in [2.45, 2.75) is 33.2 Å². The van der Waals surface area contributed by atoms with E-state index >= 15 is 0 Å². The fraction of sp³-hybridized carbons (Fsp3) is 0.500. The number of likely N-dealkylation sites (N-methyl/N-ethyl adjacent to an activating group) is 1. The van der Waals surface area contributed by atoms with E-state index in [1.807, 2.05) is 0 Å². The Labute approximate surface area is 171 Å². The Balaban J connectivity index is 1.76. The summed E-state index contributed by atoms with van der Waals surface area (Å²) in [5.74, 6) is 0.950. The van der Waals surface area contributed by atoms with E-state index in [0.29, 0.717) is 6.04 Å². The van der Waals surface area contributed by atoms with E-state index < -0.39 is 0 Å². The molecule has 0 amide bonds. The Hall–Kier alpha value is -2.04. The number of nitrogens with one attached hydrogen (secondary N) is 1. The summed E-state index contributed by atoms with van der Waals surface area (Å²) in [7, 11) is 4.17. The minimum Gasteiger partial charge on any atom is -0.494 e. The molecular weight excluding hydrogens is 346 g/mol. The van der Waals surface area contributed by atoms with Crippen LogP contribution in [0.2, 0.25) is 0 Å². The molecular formula is C24H37N3O. The number of benzene rings is 2. The summed E-state index contributed by atoms with van der Waals surface area (Å²) < 4.78 is 5.82. The molecule has 1 unspecified atom stereocenters. The van der Waals surface area contributed by atoms with Crippen molar-refractivity contribution in [3.8, 4) is 5.75 Å². The number of hydrogen-bond donors (Lipinski definition) is 1. The largest absolute Gasteiger partial charge is 0.494 e. The molecule has 2 aromatic rings. The van der Waals surface area contributed by atoms with Crippen LogP contribution in [0.4, 0.5) is 5.69 Å². The van der Waals surface area contributed by atoms with Crippen molar-refractivity contribution in [3.05, 3.63) is 59.7 Å². The second-order valence-corrected chi connectivity index (χ2v) is 7.67. The van der Waals surface area contributed by atoms with Gasteiger partial charge in [0.25, 0.3) is 0 Å². The zero-order valence-electron chi connectivity index (χ0n) is 18.2. The van der Waals surface area contributed by atoms with Gasteiger partial charge < -0.3 is 19.9 Å². The molecule has 1 N–H and O–H groups in total. The molecule has 154 valence electrons. The molecule has 0 radical (unpaired) electrons. The third kappa shape index (κ3) is 7.53. The quantitative estimate of drug-likeness (QED) is 0.546. The topological polar surface area (TPSA) is 27.7 Å². The molecule has 0 saturated heterocycles. The number of ether oxygens (including phenoxy) is 1. The fourth-order valence-corrected chi connectivity index (χ4v) is 3.25. The number of rotatable bonds is 12. The van der Waals surface area contributed by atoms with Gasteiger partial charge in [-0.3, -0.25) is 0 Å². The first-order chi connectivity index (χ1) is 13.5. The summed E-state index contributed by atoms with van der Waals surface area (Å²) in [5.41, 5.74) is 3.90. The van der Waals surface area contributed by atoms with Gasteiger partial charge in [-0.05, 0) is 76.7 Å². The molecule has 0 spiro atoms. The molecule has 4 nitrogen and oxygen atoms in total. The molecule has 0 aliphatic carbocycles. The maximum Gasteiger partial charge on any atom is 0.119 e. The first kappa shape index (κ1) is 22.3. The molecule has 0 saturated carbocycles. The number of nitrogens with zero attached hydrogens (tertiary/aromatic N) is 2. The Kier molecular flexibility index (Phi) is 9.32. The van der Waals surface area contributed by atoms with Gasteiger partial charge in [-0.2, -0.15) is 0 Å². The van der Waals surface area contributed by atoms with Crippen molar-refractivity contribution in [3.63, 3.8) is 0 Å². The number of anilines is 1. The van der Waals surface area contributed by atoms with Crippen molar-refractivity contribution in [1.29, 1.82) is 0 Å². The molecule has 4 heteroatoms. The summed E-state index contributed by atoms with van der Waals surface area (Å²) in [5, 5.41) is 3.64. The lowest BCUT2D eigenvalue weighted by Crippen LogP contribution is -2.33. The van der Waals surface area contributed by atoms with Gasteiger partial charge in [0.1, 0.15) is 5.75 Å². The summed E-state index contributed by atoms with van der Waals surface area (Å²) in [6.45, 7) is 11.3. The lowest BCUT2D eigenvalue weighted by Gasteiger charge is -2.25. The van der Waals surface area contributed by atoms with Gasteiger partial charge in [0.05, 0.1) is 6.61 Å². The SMILES string of the molecule is CCN(CCNC(C)c1ccc(OCCCN(C)C)cc1)c1cccc(C)c1. The second-order valence-electron chi connectivity index (χ2n) is 7.67. The highest BCUT2D eigenvalue weighted by Crippen LogP contribution is 2.18. The Morgan fingerprint density at radius 1 is 1.04 bits per heavy atom. The van der Waals surface area contributed by atoms with E-state index in [0.717, 1.165) is 45.0 Å². The first-order valence-electron chi connectivity index (χ1n) is 10.4. The molecule has 0 heterocycles. The third-order valence-corrected chi connectivity index (χ3v) is 4.98. The van der Waals surface area contributed by atoms with E-state index in [9.17, 15) is 0 Å².